The number of nitrogens with one attached hydrogen (secondary N) is 8. The molecule has 2 heterocycles. The summed E-state index contributed by atoms with van der Waals surface area (Å²) in [4.78, 5) is 185. The lowest BCUT2D eigenvalue weighted by Gasteiger charge is -2.32. The number of amides is 13. The van der Waals surface area contributed by atoms with Gasteiger partial charge in [-0.05, 0) is 119 Å². The van der Waals surface area contributed by atoms with Crippen molar-refractivity contribution in [3.8, 4) is 0 Å². The van der Waals surface area contributed by atoms with E-state index in [1.807, 2.05) is 20.1 Å². The van der Waals surface area contributed by atoms with Gasteiger partial charge in [0.05, 0.1) is 12.6 Å². The zero-order valence-corrected chi connectivity index (χ0v) is 55.3. The van der Waals surface area contributed by atoms with Crippen LogP contribution in [0.3, 0.4) is 0 Å². The second-order valence-electron chi connectivity index (χ2n) is 24.1. The smallest absolute Gasteiger partial charge is 0.245 e. The van der Waals surface area contributed by atoms with E-state index in [4.69, 9.17) is 40.1 Å². The highest BCUT2D eigenvalue weighted by atomic mass is 32.2. The Labute approximate surface area is 558 Å². The summed E-state index contributed by atoms with van der Waals surface area (Å²) in [6, 6.07) is 4.51. The fraction of sp³-hybridized carbons (Fsp3) is 0.587. The van der Waals surface area contributed by atoms with Gasteiger partial charge in [-0.2, -0.15) is 11.8 Å². The third-order valence-corrected chi connectivity index (χ3v) is 16.7. The lowest BCUT2D eigenvalue weighted by molar-refractivity contribution is -0.144. The molecule has 4 rings (SSSR count). The Bertz CT molecular complexity index is 2960. The standard InChI is InChI=1S/C63H98N18O13S/c1-37(2)33-45(57(89)74-41(53(68)85)27-32-95-3)73-52(84)36-72-54(86)46(34-38-15-6-4-7-16-38)78-58(90)47(35-39-17-8-5-9-18-39)79-56(88)42(23-25-50(66)82)75-55(87)43(24-26-51(67)83)76-59(91)49-22-14-31-81(49)62(94)44(20-10-11-28-64)77-60(92)48-21-13-30-80(48)61(93)40(65)19-12-29-71-63(69)70/h4-9,15-18,37,40-49H,10-14,19-36,64-65H2,1-3H3,(H2,66,82)(H2,67,83)(H2,68,85)(H,72,86)(H,73,84)(H,74,89)(H,75,87)(H,76,91)(H,77,92)(H,78,90)(H,79,88)(H4,69,70,71)/t40-,41+,42+,43+,44-,45+,46-,47-,48-,49+/m1/s1. The van der Waals surface area contributed by atoms with Gasteiger partial charge in [0, 0.05) is 45.3 Å². The van der Waals surface area contributed by atoms with Gasteiger partial charge in [-0.15, -0.1) is 0 Å². The van der Waals surface area contributed by atoms with Gasteiger partial charge in [0.2, 0.25) is 76.8 Å². The first-order valence-electron chi connectivity index (χ1n) is 32.2. The lowest BCUT2D eigenvalue weighted by atomic mass is 10.0. The van der Waals surface area contributed by atoms with E-state index in [2.05, 4.69) is 47.5 Å². The van der Waals surface area contributed by atoms with Crippen LogP contribution in [-0.2, 0) is 75.2 Å². The zero-order valence-electron chi connectivity index (χ0n) is 54.5. The van der Waals surface area contributed by atoms with E-state index in [9.17, 15) is 62.3 Å². The van der Waals surface area contributed by atoms with Gasteiger partial charge in [0.15, 0.2) is 5.96 Å². The number of carbonyl (C=O) groups is 13. The van der Waals surface area contributed by atoms with Gasteiger partial charge in [-0.3, -0.25) is 67.3 Å². The summed E-state index contributed by atoms with van der Waals surface area (Å²) in [6.07, 6.45) is 3.12. The van der Waals surface area contributed by atoms with Gasteiger partial charge < -0.3 is 92.5 Å². The molecule has 2 aliphatic heterocycles. The number of benzene rings is 2. The van der Waals surface area contributed by atoms with Crippen molar-refractivity contribution >= 4 is 94.5 Å². The molecule has 0 radical (unpaired) electrons. The molecule has 10 atom stereocenters. The molecule has 32 heteroatoms. The van der Waals surface area contributed by atoms with Gasteiger partial charge in [0.1, 0.15) is 54.4 Å². The highest BCUT2D eigenvalue weighted by Gasteiger charge is 2.42. The minimum absolute atomic E-state index is 0.0736. The molecule has 2 saturated heterocycles. The van der Waals surface area contributed by atoms with Gasteiger partial charge in [-0.1, -0.05) is 74.5 Å². The molecule has 0 bridgehead atoms. The SMILES string of the molecule is CSCC[C@H](NC(=O)[C@H](CC(C)C)NC(=O)CNC(=O)[C@@H](Cc1ccccc1)NC(=O)[C@@H](Cc1ccccc1)NC(=O)[C@H](CCC(N)=O)NC(=O)[C@H](CCC(N)=O)NC(=O)[C@@H]1CCCN1C(=O)[C@@H](CCCCN)NC(=O)[C@H]1CCCN1C(=O)[C@H](N)CCCN=C(N)N)C(N)=O. The van der Waals surface area contributed by atoms with Crippen LogP contribution in [0.4, 0.5) is 0 Å². The summed E-state index contributed by atoms with van der Waals surface area (Å²) < 4.78 is 0. The number of hydrogen-bond donors (Lipinski definition) is 15. The molecule has 2 aromatic rings. The number of unbranched alkanes of at least 4 members (excludes halogenated alkanes) is 1. The number of rotatable bonds is 42. The Kier molecular flexibility index (Phi) is 33.9. The molecule has 0 aromatic heterocycles. The number of nitrogens with two attached hydrogens (primary N) is 7. The van der Waals surface area contributed by atoms with Crippen LogP contribution in [0.25, 0.3) is 0 Å². The highest BCUT2D eigenvalue weighted by molar-refractivity contribution is 7.98. The number of hydrogen-bond acceptors (Lipinski definition) is 17. The number of likely N-dealkylation sites (tertiary alicyclic amines) is 2. The second-order valence-corrected chi connectivity index (χ2v) is 25.1. The fourth-order valence-electron chi connectivity index (χ4n) is 11.0. The van der Waals surface area contributed by atoms with Crippen molar-refractivity contribution in [1.82, 2.24) is 52.3 Å². The van der Waals surface area contributed by atoms with Crippen LogP contribution in [0.5, 0.6) is 0 Å². The van der Waals surface area contributed by atoms with Crippen molar-refractivity contribution in [3.05, 3.63) is 71.8 Å². The molecule has 22 N–H and O–H groups in total. The maximum absolute atomic E-state index is 14.7. The van der Waals surface area contributed by atoms with Crippen molar-refractivity contribution in [1.29, 1.82) is 0 Å². The Morgan fingerprint density at radius 3 is 1.51 bits per heavy atom. The third kappa shape index (κ3) is 27.5. The Hall–Kier alpha value is -8.91. The summed E-state index contributed by atoms with van der Waals surface area (Å²) >= 11 is 1.45. The van der Waals surface area contributed by atoms with Crippen LogP contribution in [0.2, 0.25) is 0 Å². The van der Waals surface area contributed by atoms with Crippen LogP contribution in [0.15, 0.2) is 65.7 Å². The second kappa shape index (κ2) is 41.0. The predicted octanol–water partition coefficient (Wildman–Crippen LogP) is -3.71. The number of primary amides is 3. The molecule has 2 aromatic carbocycles. The van der Waals surface area contributed by atoms with Crippen molar-refractivity contribution in [2.45, 2.75) is 183 Å². The Morgan fingerprint density at radius 2 is 1.01 bits per heavy atom. The Morgan fingerprint density at radius 1 is 0.537 bits per heavy atom. The summed E-state index contributed by atoms with van der Waals surface area (Å²) in [5, 5.41) is 21.1. The average molecular weight is 1350 g/mol. The molecular weight excluding hydrogens is 1250 g/mol. The maximum atomic E-state index is 14.7. The number of nitrogens with zero attached hydrogens (tertiary/aromatic N) is 3. The van der Waals surface area contributed by atoms with E-state index in [0.29, 0.717) is 55.4 Å². The van der Waals surface area contributed by atoms with Crippen LogP contribution in [-0.4, -0.2) is 198 Å². The lowest BCUT2D eigenvalue weighted by Crippen LogP contribution is -2.60. The molecule has 0 unspecified atom stereocenters. The van der Waals surface area contributed by atoms with Gasteiger partial charge in [-0.25, -0.2) is 0 Å². The molecule has 524 valence electrons. The van der Waals surface area contributed by atoms with Crippen LogP contribution in [0, 0.1) is 5.92 Å². The largest absolute Gasteiger partial charge is 0.370 e. The van der Waals surface area contributed by atoms with Gasteiger partial charge in [0.25, 0.3) is 0 Å². The molecule has 95 heavy (non-hydrogen) atoms. The van der Waals surface area contributed by atoms with Gasteiger partial charge >= 0.3 is 0 Å². The fourth-order valence-corrected chi connectivity index (χ4v) is 11.5. The predicted molar refractivity (Wildman–Crippen MR) is 356 cm³/mol. The highest BCUT2D eigenvalue weighted by Crippen LogP contribution is 2.24. The van der Waals surface area contributed by atoms with Crippen LogP contribution < -0.4 is 82.7 Å². The zero-order chi connectivity index (χ0) is 70.1. The average Bonchev–Trinajstić information content (AvgIpc) is 1.74. The molecule has 31 nitrogen and oxygen atoms in total. The summed E-state index contributed by atoms with van der Waals surface area (Å²) in [5.74, 6) is -9.80. The topological polar surface area (TPSA) is 519 Å². The van der Waals surface area contributed by atoms with Crippen LogP contribution in [0.1, 0.15) is 121 Å². The van der Waals surface area contributed by atoms with Crippen LogP contribution >= 0.6 is 11.8 Å². The normalized spacial score (nSPS) is 16.8. The van der Waals surface area contributed by atoms with Crippen molar-refractivity contribution in [3.63, 3.8) is 0 Å². The molecule has 2 fully saturated rings. The number of carbonyl (C=O) groups excluding carboxylic acids is 13. The molecule has 0 spiro atoms. The van der Waals surface area contributed by atoms with E-state index in [-0.39, 0.29) is 83.0 Å². The maximum Gasteiger partial charge on any atom is 0.245 e. The number of aliphatic imine (C=N–C) groups is 1. The first-order chi connectivity index (χ1) is 45.2. The molecule has 0 aliphatic carbocycles. The van der Waals surface area contributed by atoms with E-state index in [1.54, 1.807) is 60.7 Å². The molecular formula is C63H98N18O13S. The minimum Gasteiger partial charge on any atom is -0.370 e. The molecule has 2 aliphatic rings. The monoisotopic (exact) mass is 1350 g/mol. The minimum atomic E-state index is -1.64. The summed E-state index contributed by atoms with van der Waals surface area (Å²) in [6.45, 7) is 3.86. The van der Waals surface area contributed by atoms with Crippen molar-refractivity contribution < 1.29 is 62.3 Å². The Balaban J connectivity index is 1.56. The summed E-state index contributed by atoms with van der Waals surface area (Å²) in [7, 11) is 0. The third-order valence-electron chi connectivity index (χ3n) is 16.0. The van der Waals surface area contributed by atoms with E-state index in [0.717, 1.165) is 0 Å². The van der Waals surface area contributed by atoms with E-state index in [1.165, 1.54) is 21.6 Å². The van der Waals surface area contributed by atoms with E-state index < -0.39 is 169 Å². The number of guanidine groups is 1. The van der Waals surface area contributed by atoms with Crippen molar-refractivity contribution in [2.24, 2.45) is 51.0 Å². The first-order valence-corrected chi connectivity index (χ1v) is 33.6. The summed E-state index contributed by atoms with van der Waals surface area (Å²) in [5.41, 5.74) is 40.6. The van der Waals surface area contributed by atoms with Crippen molar-refractivity contribution in [2.75, 3.05) is 44.7 Å². The molecule has 13 amide bonds. The number of thioether (sulfide) groups is 1. The van der Waals surface area contributed by atoms with E-state index >= 15 is 0 Å². The molecule has 0 saturated carbocycles. The first kappa shape index (κ1) is 78.5. The quantitative estimate of drug-likeness (QED) is 0.0173.